The van der Waals surface area contributed by atoms with Gasteiger partial charge in [-0.3, -0.25) is 0 Å². The Bertz CT molecular complexity index is 617. The highest BCUT2D eigenvalue weighted by atomic mass is 14.3. The zero-order valence-corrected chi connectivity index (χ0v) is 10.6. The number of allylic oxidation sites excluding steroid dienone is 2. The molecule has 0 N–H and O–H groups in total. The molecule has 0 heterocycles. The molecule has 88 valence electrons. The van der Waals surface area contributed by atoms with Crippen molar-refractivity contribution in [3.8, 4) is 0 Å². The van der Waals surface area contributed by atoms with Crippen LogP contribution < -0.4 is 0 Å². The summed E-state index contributed by atoms with van der Waals surface area (Å²) >= 11 is 0. The monoisotopic (exact) mass is 232 g/mol. The van der Waals surface area contributed by atoms with Crippen LogP contribution in [0.15, 0.2) is 66.7 Å². The topological polar surface area (TPSA) is 0 Å². The smallest absolute Gasteiger partial charge is 0.0305 e. The highest BCUT2D eigenvalue weighted by Crippen LogP contribution is 2.45. The molecular weight excluding hydrogens is 216 g/mol. The second-order valence-corrected chi connectivity index (χ2v) is 4.87. The third kappa shape index (κ3) is 1.70. The minimum atomic E-state index is 0.337. The highest BCUT2D eigenvalue weighted by Gasteiger charge is 2.26. The van der Waals surface area contributed by atoms with Crippen LogP contribution in [0.2, 0.25) is 0 Å². The lowest BCUT2D eigenvalue weighted by molar-refractivity contribution is 1.04. The summed E-state index contributed by atoms with van der Waals surface area (Å²) in [5.74, 6) is 0.337. The van der Waals surface area contributed by atoms with Crippen molar-refractivity contribution < 1.29 is 0 Å². The molecule has 0 bridgehead atoms. The van der Waals surface area contributed by atoms with E-state index >= 15 is 0 Å². The van der Waals surface area contributed by atoms with E-state index in [2.05, 4.69) is 74.2 Å². The molecule has 1 unspecified atom stereocenters. The van der Waals surface area contributed by atoms with Crippen molar-refractivity contribution in [1.29, 1.82) is 0 Å². The molecule has 1 aliphatic rings. The summed E-state index contributed by atoms with van der Waals surface area (Å²) in [6.45, 7) is 6.29. The summed E-state index contributed by atoms with van der Waals surface area (Å²) < 4.78 is 0. The average Bonchev–Trinajstić information content (AvgIpc) is 2.79. The van der Waals surface area contributed by atoms with E-state index in [-0.39, 0.29) is 0 Å². The normalized spacial score (nSPS) is 17.2. The zero-order chi connectivity index (χ0) is 12.5. The first kappa shape index (κ1) is 11.0. The van der Waals surface area contributed by atoms with Crippen LogP contribution >= 0.6 is 0 Å². The van der Waals surface area contributed by atoms with E-state index in [1.54, 1.807) is 0 Å². The maximum absolute atomic E-state index is 4.17. The summed E-state index contributed by atoms with van der Waals surface area (Å²) in [7, 11) is 0. The minimum Gasteiger partial charge on any atom is -0.0992 e. The van der Waals surface area contributed by atoms with Crippen molar-refractivity contribution in [3.05, 3.63) is 83.4 Å². The van der Waals surface area contributed by atoms with Gasteiger partial charge < -0.3 is 0 Å². The first-order valence-electron chi connectivity index (χ1n) is 6.28. The van der Waals surface area contributed by atoms with Crippen molar-refractivity contribution in [2.24, 2.45) is 0 Å². The van der Waals surface area contributed by atoms with Crippen LogP contribution in [0.5, 0.6) is 0 Å². The van der Waals surface area contributed by atoms with Crippen LogP contribution in [0.25, 0.3) is 11.6 Å². The molecule has 2 aromatic rings. The maximum atomic E-state index is 4.17. The van der Waals surface area contributed by atoms with Gasteiger partial charge in [-0.1, -0.05) is 66.7 Å². The first-order chi connectivity index (χ1) is 8.77. The van der Waals surface area contributed by atoms with Gasteiger partial charge >= 0.3 is 0 Å². The van der Waals surface area contributed by atoms with Crippen molar-refractivity contribution in [2.75, 3.05) is 0 Å². The van der Waals surface area contributed by atoms with Crippen molar-refractivity contribution in [1.82, 2.24) is 0 Å². The van der Waals surface area contributed by atoms with Crippen molar-refractivity contribution >= 4 is 11.6 Å². The molecule has 0 nitrogen and oxygen atoms in total. The van der Waals surface area contributed by atoms with E-state index < -0.39 is 0 Å². The lowest BCUT2D eigenvalue weighted by Crippen LogP contribution is -1.99. The van der Waals surface area contributed by atoms with Gasteiger partial charge in [0.15, 0.2) is 0 Å². The van der Waals surface area contributed by atoms with Crippen LogP contribution in [0.4, 0.5) is 0 Å². The Kier molecular flexibility index (Phi) is 2.64. The molecule has 0 spiro atoms. The summed E-state index contributed by atoms with van der Waals surface area (Å²) in [6.07, 6.45) is 2.30. The van der Waals surface area contributed by atoms with E-state index in [9.17, 15) is 0 Å². The van der Waals surface area contributed by atoms with Gasteiger partial charge in [0.05, 0.1) is 0 Å². The molecule has 0 aliphatic heterocycles. The number of hydrogen-bond acceptors (Lipinski definition) is 0. The van der Waals surface area contributed by atoms with Crippen molar-refractivity contribution in [3.63, 3.8) is 0 Å². The second-order valence-electron chi connectivity index (χ2n) is 4.87. The number of fused-ring (bicyclic) bond motifs is 1. The standard InChI is InChI=1S/C18H16/c1-13(2)18-16-11-7-6-10-15(16)12-17(18)14-8-4-3-5-9-14/h3-12,18H,1H2,2H3. The van der Waals surface area contributed by atoms with E-state index in [1.807, 2.05) is 0 Å². The fourth-order valence-corrected chi connectivity index (χ4v) is 2.74. The SMILES string of the molecule is C=C(C)C1C(c2ccccc2)=Cc2ccccc21. The lowest BCUT2D eigenvalue weighted by atomic mass is 9.86. The third-order valence-electron chi connectivity index (χ3n) is 3.53. The molecule has 0 fully saturated rings. The summed E-state index contributed by atoms with van der Waals surface area (Å²) in [4.78, 5) is 0. The second kappa shape index (κ2) is 4.30. The minimum absolute atomic E-state index is 0.337. The Morgan fingerprint density at radius 3 is 2.33 bits per heavy atom. The van der Waals surface area contributed by atoms with Gasteiger partial charge in [0, 0.05) is 5.92 Å². The van der Waals surface area contributed by atoms with Gasteiger partial charge in [0.1, 0.15) is 0 Å². The van der Waals surface area contributed by atoms with E-state index in [1.165, 1.54) is 27.8 Å². The molecule has 1 aliphatic carbocycles. The Labute approximate surface area is 108 Å². The predicted molar refractivity (Wildman–Crippen MR) is 78.3 cm³/mol. The number of hydrogen-bond donors (Lipinski definition) is 0. The maximum Gasteiger partial charge on any atom is 0.0305 e. The van der Waals surface area contributed by atoms with Crippen LogP contribution in [0.1, 0.15) is 29.5 Å². The van der Waals surface area contributed by atoms with Crippen LogP contribution in [0.3, 0.4) is 0 Å². The zero-order valence-electron chi connectivity index (χ0n) is 10.6. The van der Waals surface area contributed by atoms with Crippen molar-refractivity contribution in [2.45, 2.75) is 12.8 Å². The molecule has 0 saturated heterocycles. The molecule has 0 aromatic heterocycles. The van der Waals surface area contributed by atoms with Gasteiger partial charge in [-0.05, 0) is 35.3 Å². The predicted octanol–water partition coefficient (Wildman–Crippen LogP) is 4.90. The average molecular weight is 232 g/mol. The van der Waals surface area contributed by atoms with Gasteiger partial charge in [-0.25, -0.2) is 0 Å². The van der Waals surface area contributed by atoms with Crippen LogP contribution in [0, 0.1) is 0 Å². The van der Waals surface area contributed by atoms with Gasteiger partial charge in [-0.15, -0.1) is 0 Å². The fourth-order valence-electron chi connectivity index (χ4n) is 2.74. The Balaban J connectivity index is 2.15. The fraction of sp³-hybridized carbons (Fsp3) is 0.111. The Hall–Kier alpha value is -2.08. The van der Waals surface area contributed by atoms with Crippen LogP contribution in [-0.2, 0) is 0 Å². The molecule has 0 radical (unpaired) electrons. The third-order valence-corrected chi connectivity index (χ3v) is 3.53. The van der Waals surface area contributed by atoms with Gasteiger partial charge in [0.2, 0.25) is 0 Å². The highest BCUT2D eigenvalue weighted by molar-refractivity contribution is 5.93. The van der Waals surface area contributed by atoms with Gasteiger partial charge in [-0.2, -0.15) is 0 Å². The Morgan fingerprint density at radius 1 is 0.944 bits per heavy atom. The molecule has 3 rings (SSSR count). The summed E-state index contributed by atoms with van der Waals surface area (Å²) in [5, 5.41) is 0. The number of rotatable bonds is 2. The van der Waals surface area contributed by atoms with E-state index in [0.29, 0.717) is 5.92 Å². The van der Waals surface area contributed by atoms with E-state index in [0.717, 1.165) is 0 Å². The quantitative estimate of drug-likeness (QED) is 0.646. The Morgan fingerprint density at radius 2 is 1.61 bits per heavy atom. The number of benzene rings is 2. The summed E-state index contributed by atoms with van der Waals surface area (Å²) in [6, 6.07) is 19.2. The molecule has 0 saturated carbocycles. The van der Waals surface area contributed by atoms with E-state index in [4.69, 9.17) is 0 Å². The lowest BCUT2D eigenvalue weighted by Gasteiger charge is -2.17. The molecule has 0 heteroatoms. The largest absolute Gasteiger partial charge is 0.0992 e. The first-order valence-corrected chi connectivity index (χ1v) is 6.28. The molecular formula is C18H16. The molecule has 2 aromatic carbocycles. The summed E-state index contributed by atoms with van der Waals surface area (Å²) in [5.41, 5.74) is 6.56. The van der Waals surface area contributed by atoms with Crippen LogP contribution in [-0.4, -0.2) is 0 Å². The molecule has 18 heavy (non-hydrogen) atoms. The molecule has 1 atom stereocenters. The molecule has 0 amide bonds. The van der Waals surface area contributed by atoms with Gasteiger partial charge in [0.25, 0.3) is 0 Å².